The second kappa shape index (κ2) is 6.23. The molecule has 7 nitrogen and oxygen atoms in total. The van der Waals surface area contributed by atoms with E-state index >= 15 is 0 Å². The number of hydrogen-bond acceptors (Lipinski definition) is 4. The molecule has 0 saturated carbocycles. The van der Waals surface area contributed by atoms with Crippen molar-refractivity contribution >= 4 is 33.6 Å². The minimum absolute atomic E-state index is 0.110. The third-order valence-corrected chi connectivity index (χ3v) is 2.79. The van der Waals surface area contributed by atoms with Crippen molar-refractivity contribution in [3.8, 4) is 0 Å². The quantitative estimate of drug-likeness (QED) is 0.282. The number of nitrogens with zero attached hydrogens (tertiary/aromatic N) is 5. The Morgan fingerprint density at radius 3 is 3.20 bits per heavy atom. The molecule has 0 aliphatic heterocycles. The highest BCUT2D eigenvalue weighted by molar-refractivity contribution is 9.10. The van der Waals surface area contributed by atoms with Gasteiger partial charge in [-0.05, 0) is 46.6 Å². The third kappa shape index (κ3) is 2.98. The van der Waals surface area contributed by atoms with Gasteiger partial charge in [0.05, 0.1) is 6.61 Å². The first-order chi connectivity index (χ1) is 9.65. The Morgan fingerprint density at radius 1 is 1.70 bits per heavy atom. The van der Waals surface area contributed by atoms with Gasteiger partial charge in [0, 0.05) is 22.9 Å². The van der Waals surface area contributed by atoms with Crippen LogP contribution in [0.1, 0.15) is 12.5 Å². The molecule has 2 aromatic heterocycles. The number of esters is 1. The van der Waals surface area contributed by atoms with Crippen LogP contribution in [0.3, 0.4) is 0 Å². The molecule has 0 aliphatic carbocycles. The molecule has 0 aliphatic rings. The fraction of sp³-hybridized carbons (Fsp3) is 0.167. The molecule has 0 saturated heterocycles. The molecule has 0 amide bonds. The van der Waals surface area contributed by atoms with Gasteiger partial charge >= 0.3 is 5.97 Å². The average molecular weight is 336 g/mol. The number of aromatic nitrogens is 2. The first-order valence-electron chi connectivity index (χ1n) is 5.73. The molecule has 0 fully saturated rings. The molecule has 20 heavy (non-hydrogen) atoms. The van der Waals surface area contributed by atoms with E-state index in [1.807, 2.05) is 6.20 Å². The van der Waals surface area contributed by atoms with Crippen LogP contribution in [-0.4, -0.2) is 22.0 Å². The highest BCUT2D eigenvalue weighted by Gasteiger charge is 2.10. The van der Waals surface area contributed by atoms with Crippen LogP contribution in [0, 0.1) is 0 Å². The summed E-state index contributed by atoms with van der Waals surface area (Å²) in [5, 5.41) is 3.37. The summed E-state index contributed by atoms with van der Waals surface area (Å²) < 4.78 is 7.29. The number of carbonyl (C=O) groups excluding carboxylic acids is 1. The van der Waals surface area contributed by atoms with Crippen LogP contribution in [0.2, 0.25) is 0 Å². The monoisotopic (exact) mass is 335 g/mol. The number of hydrogen-bond donors (Lipinski definition) is 0. The second-order valence-electron chi connectivity index (χ2n) is 3.70. The number of pyridine rings is 1. The Labute approximate surface area is 122 Å². The lowest BCUT2D eigenvalue weighted by Gasteiger charge is -2.02. The Hall–Kier alpha value is -2.31. The Morgan fingerprint density at radius 2 is 2.50 bits per heavy atom. The van der Waals surface area contributed by atoms with Crippen molar-refractivity contribution in [3.63, 3.8) is 0 Å². The van der Waals surface area contributed by atoms with Gasteiger partial charge in [-0.15, -0.1) is 0 Å². The van der Waals surface area contributed by atoms with Crippen molar-refractivity contribution in [3.05, 3.63) is 50.8 Å². The van der Waals surface area contributed by atoms with Gasteiger partial charge in [0.15, 0.2) is 0 Å². The highest BCUT2D eigenvalue weighted by Crippen LogP contribution is 2.18. The fourth-order valence-electron chi connectivity index (χ4n) is 1.65. The van der Waals surface area contributed by atoms with Crippen molar-refractivity contribution in [2.45, 2.75) is 6.92 Å². The SMILES string of the molecule is CCOC(=O)C(=Cc1cccn2cc(Br)nc12)N=[N+]=[N-]. The van der Waals surface area contributed by atoms with Crippen LogP contribution >= 0.6 is 15.9 Å². The van der Waals surface area contributed by atoms with E-state index in [1.165, 1.54) is 6.08 Å². The minimum Gasteiger partial charge on any atom is -0.462 e. The lowest BCUT2D eigenvalue weighted by Crippen LogP contribution is -2.05. The summed E-state index contributed by atoms with van der Waals surface area (Å²) in [4.78, 5) is 18.6. The van der Waals surface area contributed by atoms with Gasteiger partial charge < -0.3 is 9.14 Å². The zero-order valence-electron chi connectivity index (χ0n) is 10.5. The number of rotatable bonds is 4. The van der Waals surface area contributed by atoms with Crippen LogP contribution in [0.5, 0.6) is 0 Å². The van der Waals surface area contributed by atoms with E-state index in [4.69, 9.17) is 10.3 Å². The van der Waals surface area contributed by atoms with Crippen molar-refractivity contribution in [2.75, 3.05) is 6.61 Å². The van der Waals surface area contributed by atoms with Gasteiger partial charge in [0.2, 0.25) is 0 Å². The van der Waals surface area contributed by atoms with E-state index in [9.17, 15) is 4.79 Å². The molecule has 0 unspecified atom stereocenters. The molecule has 0 spiro atoms. The van der Waals surface area contributed by atoms with E-state index in [0.717, 1.165) is 0 Å². The molecular formula is C12H10BrN5O2. The summed E-state index contributed by atoms with van der Waals surface area (Å²) in [7, 11) is 0. The van der Waals surface area contributed by atoms with Crippen molar-refractivity contribution < 1.29 is 9.53 Å². The van der Waals surface area contributed by atoms with Gasteiger partial charge in [0.1, 0.15) is 15.9 Å². The largest absolute Gasteiger partial charge is 0.462 e. The lowest BCUT2D eigenvalue weighted by molar-refractivity contribution is -0.138. The number of carbonyl (C=O) groups is 1. The molecule has 2 aromatic rings. The van der Waals surface area contributed by atoms with Gasteiger partial charge in [-0.1, -0.05) is 5.11 Å². The van der Waals surface area contributed by atoms with E-state index in [2.05, 4.69) is 30.9 Å². The predicted molar refractivity (Wildman–Crippen MR) is 76.6 cm³/mol. The number of imidazole rings is 1. The topological polar surface area (TPSA) is 92.4 Å². The first kappa shape index (κ1) is 14.1. The maximum Gasteiger partial charge on any atom is 0.340 e. The average Bonchev–Trinajstić information content (AvgIpc) is 2.80. The molecule has 102 valence electrons. The molecule has 0 bridgehead atoms. The Bertz CT molecular complexity index is 731. The molecule has 2 heterocycles. The van der Waals surface area contributed by atoms with Gasteiger partial charge in [-0.25, -0.2) is 9.78 Å². The maximum atomic E-state index is 11.7. The summed E-state index contributed by atoms with van der Waals surface area (Å²) in [6.07, 6.45) is 5.05. The smallest absolute Gasteiger partial charge is 0.340 e. The van der Waals surface area contributed by atoms with Crippen molar-refractivity contribution in [2.24, 2.45) is 5.11 Å². The van der Waals surface area contributed by atoms with E-state index in [0.29, 0.717) is 15.8 Å². The zero-order valence-corrected chi connectivity index (χ0v) is 12.1. The highest BCUT2D eigenvalue weighted by atomic mass is 79.9. The molecule has 8 heteroatoms. The van der Waals surface area contributed by atoms with Gasteiger partial charge in [0.25, 0.3) is 0 Å². The number of azide groups is 1. The Kier molecular flexibility index (Phi) is 4.39. The van der Waals surface area contributed by atoms with Crippen molar-refractivity contribution in [1.29, 1.82) is 0 Å². The normalized spacial score (nSPS) is 11.2. The van der Waals surface area contributed by atoms with Crippen LogP contribution in [0.25, 0.3) is 22.2 Å². The molecule has 0 aromatic carbocycles. The third-order valence-electron chi connectivity index (χ3n) is 2.41. The lowest BCUT2D eigenvalue weighted by atomic mass is 10.2. The fourth-order valence-corrected chi connectivity index (χ4v) is 2.04. The zero-order chi connectivity index (χ0) is 14.5. The summed E-state index contributed by atoms with van der Waals surface area (Å²) in [5.74, 6) is -0.669. The van der Waals surface area contributed by atoms with E-state index in [1.54, 1.807) is 29.7 Å². The molecular weight excluding hydrogens is 326 g/mol. The standard InChI is InChI=1S/C12H10BrN5O2/c1-2-20-12(19)9(16-17-14)6-8-4-3-5-18-7-10(13)15-11(8)18/h3-7H,2H2,1H3. The maximum absolute atomic E-state index is 11.7. The Balaban J connectivity index is 2.53. The molecule has 0 N–H and O–H groups in total. The van der Waals surface area contributed by atoms with E-state index in [-0.39, 0.29) is 12.3 Å². The molecule has 2 rings (SSSR count). The van der Waals surface area contributed by atoms with Crippen LogP contribution in [0.15, 0.2) is 39.9 Å². The summed E-state index contributed by atoms with van der Waals surface area (Å²) in [6, 6.07) is 3.56. The summed E-state index contributed by atoms with van der Waals surface area (Å²) >= 11 is 3.28. The van der Waals surface area contributed by atoms with Crippen molar-refractivity contribution in [1.82, 2.24) is 9.38 Å². The molecule has 0 radical (unpaired) electrons. The predicted octanol–water partition coefficient (Wildman–Crippen LogP) is 3.31. The number of halogens is 1. The summed E-state index contributed by atoms with van der Waals surface area (Å²) in [6.45, 7) is 1.88. The first-order valence-corrected chi connectivity index (χ1v) is 6.52. The van der Waals surface area contributed by atoms with Crippen LogP contribution in [0.4, 0.5) is 0 Å². The minimum atomic E-state index is -0.669. The van der Waals surface area contributed by atoms with Crippen LogP contribution in [-0.2, 0) is 9.53 Å². The molecule has 0 atom stereocenters. The number of ether oxygens (including phenoxy) is 1. The summed E-state index contributed by atoms with van der Waals surface area (Å²) in [5.41, 5.74) is 9.70. The van der Waals surface area contributed by atoms with Gasteiger partial charge in [-0.3, -0.25) is 0 Å². The number of fused-ring (bicyclic) bond motifs is 1. The van der Waals surface area contributed by atoms with Crippen LogP contribution < -0.4 is 0 Å². The second-order valence-corrected chi connectivity index (χ2v) is 4.51. The van der Waals surface area contributed by atoms with E-state index < -0.39 is 5.97 Å². The van der Waals surface area contributed by atoms with Gasteiger partial charge in [-0.2, -0.15) is 0 Å².